The fraction of sp³-hybridized carbons (Fsp3) is 0.381. The van der Waals surface area contributed by atoms with Gasteiger partial charge in [0, 0.05) is 18.3 Å². The van der Waals surface area contributed by atoms with Crippen LogP contribution >= 0.6 is 0 Å². The number of imidazole rings is 1. The molecule has 160 valence electrons. The van der Waals surface area contributed by atoms with Gasteiger partial charge in [-0.05, 0) is 50.9 Å². The number of rotatable bonds is 3. The Morgan fingerprint density at radius 2 is 1.97 bits per heavy atom. The van der Waals surface area contributed by atoms with Crippen molar-refractivity contribution in [3.8, 4) is 11.3 Å². The maximum Gasteiger partial charge on any atom is 0.249 e. The molecule has 0 spiro atoms. The summed E-state index contributed by atoms with van der Waals surface area (Å²) < 4.78 is 17.8. The molecule has 4 aromatic rings. The maximum absolute atomic E-state index is 14.8. The van der Waals surface area contributed by atoms with Gasteiger partial charge in [-0.3, -0.25) is 10.1 Å². The lowest BCUT2D eigenvalue weighted by atomic mass is 10.0. The molecular formula is C21H23FN8O. The fourth-order valence-corrected chi connectivity index (χ4v) is 3.98. The quantitative estimate of drug-likeness (QED) is 0.526. The SMILES string of the molecule is Cc1cn2nc(-c3cc(F)c4nc(NC(=O)C5CCCCNC5)nn4c3)cc(C)c2n1. The number of hydrogen-bond acceptors (Lipinski definition) is 6. The van der Waals surface area contributed by atoms with Gasteiger partial charge in [0.2, 0.25) is 11.9 Å². The molecule has 1 aliphatic rings. The molecule has 9 nitrogen and oxygen atoms in total. The number of aromatic nitrogens is 6. The van der Waals surface area contributed by atoms with Gasteiger partial charge < -0.3 is 5.32 Å². The predicted octanol–water partition coefficient (Wildman–Crippen LogP) is 2.52. The van der Waals surface area contributed by atoms with E-state index in [2.05, 4.69) is 30.8 Å². The van der Waals surface area contributed by atoms with Gasteiger partial charge in [0.15, 0.2) is 17.1 Å². The second-order valence-electron chi connectivity index (χ2n) is 8.03. The van der Waals surface area contributed by atoms with Crippen LogP contribution in [0.2, 0.25) is 0 Å². The number of hydrogen-bond donors (Lipinski definition) is 2. The van der Waals surface area contributed by atoms with Gasteiger partial charge >= 0.3 is 0 Å². The Hall–Kier alpha value is -3.40. The van der Waals surface area contributed by atoms with E-state index in [1.54, 1.807) is 10.7 Å². The van der Waals surface area contributed by atoms with Crippen LogP contribution in [0.5, 0.6) is 0 Å². The minimum atomic E-state index is -0.539. The number of halogens is 1. The van der Waals surface area contributed by atoms with Crippen molar-refractivity contribution in [2.24, 2.45) is 5.92 Å². The van der Waals surface area contributed by atoms with Crippen LogP contribution in [0, 0.1) is 25.6 Å². The number of pyridine rings is 1. The Morgan fingerprint density at radius 3 is 2.84 bits per heavy atom. The number of nitrogens with one attached hydrogen (secondary N) is 2. The summed E-state index contributed by atoms with van der Waals surface area (Å²) in [6, 6.07) is 3.24. The molecule has 1 fully saturated rings. The van der Waals surface area contributed by atoms with E-state index >= 15 is 0 Å². The van der Waals surface area contributed by atoms with Crippen LogP contribution < -0.4 is 10.6 Å². The van der Waals surface area contributed by atoms with Crippen molar-refractivity contribution in [1.82, 2.24) is 34.5 Å². The van der Waals surface area contributed by atoms with Crippen molar-refractivity contribution in [3.63, 3.8) is 0 Å². The number of carbonyl (C=O) groups is 1. The zero-order valence-corrected chi connectivity index (χ0v) is 17.4. The highest BCUT2D eigenvalue weighted by atomic mass is 19.1. The molecule has 31 heavy (non-hydrogen) atoms. The van der Waals surface area contributed by atoms with E-state index in [4.69, 9.17) is 0 Å². The van der Waals surface area contributed by atoms with E-state index in [-0.39, 0.29) is 23.4 Å². The first kappa shape index (κ1) is 19.6. The largest absolute Gasteiger partial charge is 0.316 e. The molecule has 2 N–H and O–H groups in total. The first-order valence-corrected chi connectivity index (χ1v) is 10.4. The standard InChI is InChI=1S/C21H23FN8O/c1-12-7-17(27-29-10-13(2)24-18(12)29)15-8-16(22)19-25-21(28-30(19)11-15)26-20(31)14-5-3-4-6-23-9-14/h7-8,10-11,14,23H,3-6,9H2,1-2H3,(H,26,28,31). The smallest absolute Gasteiger partial charge is 0.249 e. The summed E-state index contributed by atoms with van der Waals surface area (Å²) in [5.74, 6) is -0.741. The van der Waals surface area contributed by atoms with Crippen LogP contribution in [0.25, 0.3) is 22.6 Å². The maximum atomic E-state index is 14.8. The Kier molecular flexibility index (Phi) is 4.85. The Bertz CT molecular complexity index is 1290. The topological polar surface area (TPSA) is 102 Å². The summed E-state index contributed by atoms with van der Waals surface area (Å²) in [7, 11) is 0. The predicted molar refractivity (Wildman–Crippen MR) is 113 cm³/mol. The molecule has 1 amide bonds. The normalized spacial score (nSPS) is 17.2. The third kappa shape index (κ3) is 3.74. The third-order valence-electron chi connectivity index (χ3n) is 5.57. The van der Waals surface area contributed by atoms with Crippen molar-refractivity contribution in [1.29, 1.82) is 0 Å². The molecule has 1 atom stereocenters. The van der Waals surface area contributed by atoms with Crippen LogP contribution in [0.3, 0.4) is 0 Å². The number of anilines is 1. The van der Waals surface area contributed by atoms with Gasteiger partial charge in [-0.2, -0.15) is 10.1 Å². The lowest BCUT2D eigenvalue weighted by Crippen LogP contribution is -2.31. The minimum Gasteiger partial charge on any atom is -0.316 e. The average Bonchev–Trinajstić information content (AvgIpc) is 3.20. The Labute approximate surface area is 177 Å². The lowest BCUT2D eigenvalue weighted by molar-refractivity contribution is -0.119. The monoisotopic (exact) mass is 422 g/mol. The molecule has 1 aliphatic heterocycles. The van der Waals surface area contributed by atoms with Gasteiger partial charge in [-0.15, -0.1) is 5.10 Å². The molecule has 1 saturated heterocycles. The average molecular weight is 422 g/mol. The summed E-state index contributed by atoms with van der Waals surface area (Å²) >= 11 is 0. The van der Waals surface area contributed by atoms with Crippen molar-refractivity contribution >= 4 is 23.1 Å². The third-order valence-corrected chi connectivity index (χ3v) is 5.57. The van der Waals surface area contributed by atoms with Crippen molar-refractivity contribution < 1.29 is 9.18 Å². The number of amides is 1. The number of nitrogens with zero attached hydrogens (tertiary/aromatic N) is 6. The molecule has 1 unspecified atom stereocenters. The van der Waals surface area contributed by atoms with E-state index in [1.807, 2.05) is 26.1 Å². The molecule has 10 heteroatoms. The van der Waals surface area contributed by atoms with Crippen LogP contribution in [0.1, 0.15) is 30.5 Å². The summed E-state index contributed by atoms with van der Waals surface area (Å²) in [4.78, 5) is 21.2. The number of carbonyl (C=O) groups excluding carboxylic acids is 1. The van der Waals surface area contributed by atoms with E-state index in [1.165, 1.54) is 10.6 Å². The first-order chi connectivity index (χ1) is 15.0. The highest BCUT2D eigenvalue weighted by Gasteiger charge is 2.22. The van der Waals surface area contributed by atoms with Crippen LogP contribution in [0.4, 0.5) is 10.3 Å². The zero-order valence-electron chi connectivity index (χ0n) is 17.4. The van der Waals surface area contributed by atoms with E-state index in [0.29, 0.717) is 17.8 Å². The minimum absolute atomic E-state index is 0.0503. The van der Waals surface area contributed by atoms with E-state index in [0.717, 1.165) is 42.7 Å². The van der Waals surface area contributed by atoms with Crippen molar-refractivity contribution in [2.45, 2.75) is 33.1 Å². The Morgan fingerprint density at radius 1 is 1.13 bits per heavy atom. The molecule has 4 aromatic heterocycles. The highest BCUT2D eigenvalue weighted by molar-refractivity contribution is 5.91. The fourth-order valence-electron chi connectivity index (χ4n) is 3.98. The van der Waals surface area contributed by atoms with Gasteiger partial charge in [0.1, 0.15) is 0 Å². The van der Waals surface area contributed by atoms with Crippen LogP contribution in [-0.2, 0) is 4.79 Å². The van der Waals surface area contributed by atoms with Crippen LogP contribution in [-0.4, -0.2) is 48.2 Å². The lowest BCUT2D eigenvalue weighted by Gasteiger charge is -2.12. The molecular weight excluding hydrogens is 399 g/mol. The molecule has 5 heterocycles. The molecule has 0 aliphatic carbocycles. The highest BCUT2D eigenvalue weighted by Crippen LogP contribution is 2.23. The van der Waals surface area contributed by atoms with Gasteiger partial charge in [-0.25, -0.2) is 18.4 Å². The zero-order chi connectivity index (χ0) is 21.5. The molecule has 0 bridgehead atoms. The van der Waals surface area contributed by atoms with E-state index in [9.17, 15) is 9.18 Å². The first-order valence-electron chi connectivity index (χ1n) is 10.4. The molecule has 0 aromatic carbocycles. The number of aryl methyl sites for hydroxylation is 2. The summed E-state index contributed by atoms with van der Waals surface area (Å²) in [5, 5.41) is 14.8. The molecule has 0 radical (unpaired) electrons. The van der Waals surface area contributed by atoms with Gasteiger partial charge in [0.05, 0.1) is 23.5 Å². The van der Waals surface area contributed by atoms with E-state index < -0.39 is 5.82 Å². The molecule has 0 saturated carbocycles. The Balaban J connectivity index is 1.46. The second-order valence-corrected chi connectivity index (χ2v) is 8.03. The second kappa shape index (κ2) is 7.69. The van der Waals surface area contributed by atoms with Gasteiger partial charge in [0.25, 0.3) is 0 Å². The van der Waals surface area contributed by atoms with Crippen molar-refractivity contribution in [3.05, 3.63) is 41.6 Å². The van der Waals surface area contributed by atoms with Crippen LogP contribution in [0.15, 0.2) is 24.5 Å². The summed E-state index contributed by atoms with van der Waals surface area (Å²) in [6.45, 7) is 5.38. The van der Waals surface area contributed by atoms with Crippen molar-refractivity contribution in [2.75, 3.05) is 18.4 Å². The molecule has 5 rings (SSSR count). The summed E-state index contributed by atoms with van der Waals surface area (Å²) in [6.07, 6.45) is 6.35. The number of fused-ring (bicyclic) bond motifs is 2. The van der Waals surface area contributed by atoms with Gasteiger partial charge in [-0.1, -0.05) is 6.42 Å². The summed E-state index contributed by atoms with van der Waals surface area (Å²) in [5.41, 5.74) is 3.75.